The topological polar surface area (TPSA) is 50.8 Å². The highest BCUT2D eigenvalue weighted by molar-refractivity contribution is 5.76. The van der Waals surface area contributed by atoms with Crippen LogP contribution in [0.3, 0.4) is 0 Å². The van der Waals surface area contributed by atoms with Crippen molar-refractivity contribution in [3.8, 4) is 11.5 Å². The molecule has 1 saturated heterocycles. The van der Waals surface area contributed by atoms with E-state index in [1.54, 1.807) is 26.4 Å². The number of methoxy groups -OCH3 is 2. The Morgan fingerprint density at radius 3 is 2.75 bits per heavy atom. The summed E-state index contributed by atoms with van der Waals surface area (Å²) in [5.41, 5.74) is 1.93. The van der Waals surface area contributed by atoms with Crippen LogP contribution >= 0.6 is 0 Å². The molecule has 0 spiro atoms. The monoisotopic (exact) mass is 440 g/mol. The Morgan fingerprint density at radius 1 is 1.19 bits per heavy atom. The molecule has 5 nitrogen and oxygen atoms in total. The van der Waals surface area contributed by atoms with Crippen LogP contribution in [-0.4, -0.2) is 44.7 Å². The maximum atomic E-state index is 13.0. The zero-order valence-electron chi connectivity index (χ0n) is 19.0. The number of ether oxygens (including phenoxy) is 2. The van der Waals surface area contributed by atoms with Gasteiger partial charge in [-0.05, 0) is 61.6 Å². The summed E-state index contributed by atoms with van der Waals surface area (Å²) in [5.74, 6) is 1.82. The predicted octanol–water partition coefficient (Wildman–Crippen LogP) is 4.66. The highest BCUT2D eigenvalue weighted by atomic mass is 19.1. The average Bonchev–Trinajstić information content (AvgIpc) is 2.82. The molecule has 172 valence electrons. The maximum absolute atomic E-state index is 13.0. The second-order valence-electron chi connectivity index (χ2n) is 8.21. The number of nitrogens with zero attached hydrogens (tertiary/aromatic N) is 1. The summed E-state index contributed by atoms with van der Waals surface area (Å²) in [7, 11) is 3.23. The normalized spacial score (nSPS) is 16.8. The third-order valence-electron chi connectivity index (χ3n) is 5.90. The number of carbonyl (C=O) groups excluding carboxylic acids is 1. The zero-order chi connectivity index (χ0) is 22.8. The Labute approximate surface area is 190 Å². The van der Waals surface area contributed by atoms with Gasteiger partial charge < -0.3 is 14.8 Å². The van der Waals surface area contributed by atoms with Crippen molar-refractivity contribution in [3.05, 3.63) is 65.5 Å². The van der Waals surface area contributed by atoms with Crippen molar-refractivity contribution in [2.24, 2.45) is 5.92 Å². The highest BCUT2D eigenvalue weighted by Crippen LogP contribution is 2.25. The van der Waals surface area contributed by atoms with Gasteiger partial charge in [-0.1, -0.05) is 24.3 Å². The summed E-state index contributed by atoms with van der Waals surface area (Å²) in [6.07, 6.45) is 7.90. The van der Waals surface area contributed by atoms with Crippen LogP contribution < -0.4 is 14.8 Å². The first kappa shape index (κ1) is 23.8. The number of piperidine rings is 1. The summed E-state index contributed by atoms with van der Waals surface area (Å²) in [6.45, 7) is 3.40. The second kappa shape index (κ2) is 12.2. The summed E-state index contributed by atoms with van der Waals surface area (Å²) in [4.78, 5) is 14.8. The van der Waals surface area contributed by atoms with E-state index in [1.807, 2.05) is 24.3 Å². The lowest BCUT2D eigenvalue weighted by Gasteiger charge is -2.31. The standard InChI is InChI=1S/C26H33FN2O3/c1-31-24-13-10-22(25(17-24)32-2)18-28-26(30)14-9-21-6-4-16-29(19-21)15-3-5-20-7-11-23(27)12-8-20/h3,5,7-8,10-13,17,21H,4,6,9,14-16,18-19H2,1-2H3,(H,28,30)/b5-3+/t21-/m1/s1. The molecule has 1 fully saturated rings. The van der Waals surface area contributed by atoms with Crippen LogP contribution in [0.1, 0.15) is 36.8 Å². The van der Waals surface area contributed by atoms with Crippen LogP contribution in [0.5, 0.6) is 11.5 Å². The first-order valence-electron chi connectivity index (χ1n) is 11.2. The van der Waals surface area contributed by atoms with Gasteiger partial charge in [0.1, 0.15) is 17.3 Å². The van der Waals surface area contributed by atoms with E-state index in [1.165, 1.54) is 12.1 Å². The molecule has 0 aromatic heterocycles. The number of amides is 1. The number of carbonyl (C=O) groups is 1. The molecule has 0 bridgehead atoms. The molecule has 1 aliphatic rings. The van der Waals surface area contributed by atoms with E-state index in [-0.39, 0.29) is 11.7 Å². The van der Waals surface area contributed by atoms with E-state index < -0.39 is 0 Å². The van der Waals surface area contributed by atoms with Gasteiger partial charge in [0.05, 0.1) is 14.2 Å². The van der Waals surface area contributed by atoms with Crippen molar-refractivity contribution < 1.29 is 18.7 Å². The first-order valence-corrected chi connectivity index (χ1v) is 11.2. The zero-order valence-corrected chi connectivity index (χ0v) is 19.0. The Balaban J connectivity index is 1.39. The van der Waals surface area contributed by atoms with Crippen LogP contribution in [0.25, 0.3) is 6.08 Å². The Hall–Kier alpha value is -2.86. The van der Waals surface area contributed by atoms with E-state index >= 15 is 0 Å². The average molecular weight is 441 g/mol. The van der Waals surface area contributed by atoms with Gasteiger partial charge >= 0.3 is 0 Å². The van der Waals surface area contributed by atoms with Crippen LogP contribution in [0.2, 0.25) is 0 Å². The summed E-state index contributed by atoms with van der Waals surface area (Å²) >= 11 is 0. The lowest BCUT2D eigenvalue weighted by atomic mass is 9.93. The molecule has 0 saturated carbocycles. The van der Waals surface area contributed by atoms with Crippen molar-refractivity contribution in [1.29, 1.82) is 0 Å². The number of nitrogens with one attached hydrogen (secondary N) is 1. The number of hydrogen-bond donors (Lipinski definition) is 1. The molecule has 1 atom stereocenters. The van der Waals surface area contributed by atoms with Crippen molar-refractivity contribution in [1.82, 2.24) is 10.2 Å². The van der Waals surface area contributed by atoms with Crippen LogP contribution in [0, 0.1) is 11.7 Å². The molecule has 1 aliphatic heterocycles. The molecule has 2 aromatic carbocycles. The molecule has 1 amide bonds. The minimum atomic E-state index is -0.215. The third-order valence-corrected chi connectivity index (χ3v) is 5.90. The molecule has 2 aromatic rings. The van der Waals surface area contributed by atoms with Crippen molar-refractivity contribution in [3.63, 3.8) is 0 Å². The molecule has 1 N–H and O–H groups in total. The van der Waals surface area contributed by atoms with Gasteiger partial charge in [0.15, 0.2) is 0 Å². The van der Waals surface area contributed by atoms with Gasteiger partial charge in [0, 0.05) is 37.7 Å². The van der Waals surface area contributed by atoms with E-state index in [4.69, 9.17) is 9.47 Å². The largest absolute Gasteiger partial charge is 0.497 e. The minimum absolute atomic E-state index is 0.0659. The first-order chi connectivity index (χ1) is 15.6. The van der Waals surface area contributed by atoms with Gasteiger partial charge in [0.2, 0.25) is 5.91 Å². The Kier molecular flexibility index (Phi) is 9.11. The summed E-state index contributed by atoms with van der Waals surface area (Å²) < 4.78 is 23.6. The summed E-state index contributed by atoms with van der Waals surface area (Å²) in [6, 6.07) is 12.1. The van der Waals surface area contributed by atoms with E-state index in [0.29, 0.717) is 24.6 Å². The van der Waals surface area contributed by atoms with Crippen molar-refractivity contribution in [2.45, 2.75) is 32.2 Å². The Morgan fingerprint density at radius 2 is 2.00 bits per heavy atom. The van der Waals surface area contributed by atoms with E-state index in [0.717, 1.165) is 55.8 Å². The molecule has 0 unspecified atom stereocenters. The molecule has 0 radical (unpaired) electrons. The number of benzene rings is 2. The SMILES string of the molecule is COc1ccc(CNC(=O)CC[C@H]2CCCN(C/C=C/c3ccc(F)cc3)C2)c(OC)c1. The Bertz CT molecular complexity index is 898. The van der Waals surface area contributed by atoms with Crippen LogP contribution in [0.15, 0.2) is 48.5 Å². The number of hydrogen-bond acceptors (Lipinski definition) is 4. The van der Waals surface area contributed by atoms with Gasteiger partial charge in [-0.3, -0.25) is 9.69 Å². The van der Waals surface area contributed by atoms with Crippen LogP contribution in [0.4, 0.5) is 4.39 Å². The van der Waals surface area contributed by atoms with Crippen molar-refractivity contribution >= 4 is 12.0 Å². The van der Waals surface area contributed by atoms with E-state index in [2.05, 4.69) is 16.3 Å². The molecule has 32 heavy (non-hydrogen) atoms. The summed E-state index contributed by atoms with van der Waals surface area (Å²) in [5, 5.41) is 3.01. The second-order valence-corrected chi connectivity index (χ2v) is 8.21. The van der Waals surface area contributed by atoms with Gasteiger partial charge in [-0.2, -0.15) is 0 Å². The van der Waals surface area contributed by atoms with E-state index in [9.17, 15) is 9.18 Å². The third kappa shape index (κ3) is 7.38. The van der Waals surface area contributed by atoms with Crippen LogP contribution in [-0.2, 0) is 11.3 Å². The fourth-order valence-electron chi connectivity index (χ4n) is 4.08. The van der Waals surface area contributed by atoms with Gasteiger partial charge in [-0.25, -0.2) is 4.39 Å². The quantitative estimate of drug-likeness (QED) is 0.584. The predicted molar refractivity (Wildman–Crippen MR) is 125 cm³/mol. The lowest BCUT2D eigenvalue weighted by Crippen LogP contribution is -2.36. The fraction of sp³-hybridized carbons (Fsp3) is 0.423. The molecular weight excluding hydrogens is 407 g/mol. The number of rotatable bonds is 10. The smallest absolute Gasteiger partial charge is 0.220 e. The fourth-order valence-corrected chi connectivity index (χ4v) is 4.08. The highest BCUT2D eigenvalue weighted by Gasteiger charge is 2.20. The number of halogens is 1. The molecular formula is C26H33FN2O3. The van der Waals surface area contributed by atoms with Gasteiger partial charge in [0.25, 0.3) is 0 Å². The maximum Gasteiger partial charge on any atom is 0.220 e. The molecule has 3 rings (SSSR count). The lowest BCUT2D eigenvalue weighted by molar-refractivity contribution is -0.121. The minimum Gasteiger partial charge on any atom is -0.497 e. The number of likely N-dealkylation sites (tertiary alicyclic amines) is 1. The molecule has 0 aliphatic carbocycles. The molecule has 1 heterocycles. The molecule has 6 heteroatoms. The van der Waals surface area contributed by atoms with Gasteiger partial charge in [-0.15, -0.1) is 0 Å². The van der Waals surface area contributed by atoms with Crippen molar-refractivity contribution in [2.75, 3.05) is 33.9 Å².